The lowest BCUT2D eigenvalue weighted by atomic mass is 10.1. The van der Waals surface area contributed by atoms with Crippen LogP contribution in [0, 0.1) is 16.0 Å². The Kier molecular flexibility index (Phi) is 5.88. The molecule has 0 bridgehead atoms. The topological polar surface area (TPSA) is 87.0 Å². The summed E-state index contributed by atoms with van der Waals surface area (Å²) in [7, 11) is 0. The second-order valence-corrected chi connectivity index (χ2v) is 8.12. The van der Waals surface area contributed by atoms with Crippen LogP contribution in [-0.2, 0) is 9.59 Å². The lowest BCUT2D eigenvalue weighted by Crippen LogP contribution is -2.50. The van der Waals surface area contributed by atoms with Gasteiger partial charge in [0.15, 0.2) is 0 Å². The monoisotopic (exact) mass is 422 g/mol. The molecule has 2 aliphatic heterocycles. The van der Waals surface area contributed by atoms with Gasteiger partial charge < -0.3 is 14.7 Å². The second kappa shape index (κ2) is 8.75. The standard InChI is InChI=1S/C23H26N4O4/c1-17(18-5-3-2-4-6-18)26-16-19(15-22(26)28)23(29)25-13-11-24(12-14-25)20-7-9-21(10-8-20)27(30)31/h2-10,17,19H,11-16H2,1H3/t17-,19+/m0/s1. The van der Waals surface area contributed by atoms with Crippen LogP contribution >= 0.6 is 0 Å². The number of nitro benzene ring substituents is 1. The molecule has 0 aromatic heterocycles. The summed E-state index contributed by atoms with van der Waals surface area (Å²) in [4.78, 5) is 41.9. The van der Waals surface area contributed by atoms with Crippen molar-refractivity contribution in [3.05, 3.63) is 70.3 Å². The van der Waals surface area contributed by atoms with E-state index < -0.39 is 4.92 Å². The third kappa shape index (κ3) is 4.38. The molecule has 2 amide bonds. The summed E-state index contributed by atoms with van der Waals surface area (Å²) < 4.78 is 0. The normalized spacial score (nSPS) is 20.1. The predicted octanol–water partition coefficient (Wildman–Crippen LogP) is 2.85. The summed E-state index contributed by atoms with van der Waals surface area (Å²) in [6, 6.07) is 16.3. The molecule has 2 aromatic carbocycles. The van der Waals surface area contributed by atoms with Crippen LogP contribution in [0.25, 0.3) is 0 Å². The first kappa shape index (κ1) is 20.8. The lowest BCUT2D eigenvalue weighted by molar-refractivity contribution is -0.384. The van der Waals surface area contributed by atoms with Gasteiger partial charge in [0, 0.05) is 57.0 Å². The van der Waals surface area contributed by atoms with E-state index in [1.807, 2.05) is 47.1 Å². The van der Waals surface area contributed by atoms with Crippen molar-refractivity contribution < 1.29 is 14.5 Å². The zero-order valence-electron chi connectivity index (χ0n) is 17.5. The van der Waals surface area contributed by atoms with Gasteiger partial charge in [-0.25, -0.2) is 0 Å². The van der Waals surface area contributed by atoms with E-state index in [0.29, 0.717) is 32.7 Å². The molecule has 2 aliphatic rings. The highest BCUT2D eigenvalue weighted by molar-refractivity contribution is 5.89. The summed E-state index contributed by atoms with van der Waals surface area (Å²) >= 11 is 0. The summed E-state index contributed by atoms with van der Waals surface area (Å²) in [5.74, 6) is -0.233. The number of nitrogens with zero attached hydrogens (tertiary/aromatic N) is 4. The highest BCUT2D eigenvalue weighted by Crippen LogP contribution is 2.30. The SMILES string of the molecule is C[C@@H](c1ccccc1)N1C[C@H](C(=O)N2CCN(c3ccc([N+](=O)[O-])cc3)CC2)CC1=O. The Bertz CT molecular complexity index is 955. The summed E-state index contributed by atoms with van der Waals surface area (Å²) in [6.07, 6.45) is 0.262. The molecule has 0 radical (unpaired) electrons. The van der Waals surface area contributed by atoms with E-state index in [1.54, 1.807) is 12.1 Å². The van der Waals surface area contributed by atoms with Crippen LogP contribution in [-0.4, -0.2) is 59.3 Å². The minimum atomic E-state index is -0.411. The van der Waals surface area contributed by atoms with Crippen molar-refractivity contribution in [3.63, 3.8) is 0 Å². The van der Waals surface area contributed by atoms with Gasteiger partial charge in [0.05, 0.1) is 16.9 Å². The number of hydrogen-bond donors (Lipinski definition) is 0. The van der Waals surface area contributed by atoms with E-state index in [-0.39, 0.29) is 35.9 Å². The van der Waals surface area contributed by atoms with Crippen LogP contribution in [0.15, 0.2) is 54.6 Å². The molecule has 2 atom stereocenters. The van der Waals surface area contributed by atoms with Crippen molar-refractivity contribution in [2.24, 2.45) is 5.92 Å². The zero-order chi connectivity index (χ0) is 22.0. The Morgan fingerprint density at radius 3 is 2.29 bits per heavy atom. The van der Waals surface area contributed by atoms with E-state index in [4.69, 9.17) is 0 Å². The molecular weight excluding hydrogens is 396 g/mol. The lowest BCUT2D eigenvalue weighted by Gasteiger charge is -2.37. The number of nitro groups is 1. The van der Waals surface area contributed by atoms with Crippen molar-refractivity contribution in [3.8, 4) is 0 Å². The van der Waals surface area contributed by atoms with Crippen LogP contribution in [0.1, 0.15) is 24.9 Å². The first-order valence-electron chi connectivity index (χ1n) is 10.6. The Balaban J connectivity index is 1.33. The van der Waals surface area contributed by atoms with E-state index in [1.165, 1.54) is 12.1 Å². The number of benzene rings is 2. The first-order chi connectivity index (χ1) is 14.9. The van der Waals surface area contributed by atoms with E-state index in [9.17, 15) is 19.7 Å². The molecule has 2 aromatic rings. The largest absolute Gasteiger partial charge is 0.368 e. The molecule has 0 saturated carbocycles. The van der Waals surface area contributed by atoms with Gasteiger partial charge in [0.2, 0.25) is 11.8 Å². The first-order valence-corrected chi connectivity index (χ1v) is 10.6. The van der Waals surface area contributed by atoms with Crippen LogP contribution in [0.3, 0.4) is 0 Å². The molecule has 0 unspecified atom stereocenters. The number of hydrogen-bond acceptors (Lipinski definition) is 5. The maximum atomic E-state index is 13.1. The Labute approximate surface area is 181 Å². The van der Waals surface area contributed by atoms with Gasteiger partial charge in [0.1, 0.15) is 0 Å². The van der Waals surface area contributed by atoms with E-state index in [2.05, 4.69) is 4.90 Å². The quantitative estimate of drug-likeness (QED) is 0.546. The van der Waals surface area contributed by atoms with Crippen LogP contribution in [0.4, 0.5) is 11.4 Å². The molecule has 0 aliphatic carbocycles. The van der Waals surface area contributed by atoms with Gasteiger partial charge >= 0.3 is 0 Å². The van der Waals surface area contributed by atoms with Crippen molar-refractivity contribution in [2.45, 2.75) is 19.4 Å². The zero-order valence-corrected chi connectivity index (χ0v) is 17.5. The molecule has 4 rings (SSSR count). The Morgan fingerprint density at radius 1 is 1.03 bits per heavy atom. The maximum absolute atomic E-state index is 13.1. The molecule has 31 heavy (non-hydrogen) atoms. The molecule has 8 heteroatoms. The minimum Gasteiger partial charge on any atom is -0.368 e. The highest BCUT2D eigenvalue weighted by Gasteiger charge is 2.39. The minimum absolute atomic E-state index is 0.0271. The Morgan fingerprint density at radius 2 is 1.68 bits per heavy atom. The molecule has 8 nitrogen and oxygen atoms in total. The van der Waals surface area contributed by atoms with Crippen molar-refractivity contribution in [2.75, 3.05) is 37.6 Å². The van der Waals surface area contributed by atoms with E-state index in [0.717, 1.165) is 11.3 Å². The van der Waals surface area contributed by atoms with Crippen molar-refractivity contribution >= 4 is 23.2 Å². The number of anilines is 1. The van der Waals surface area contributed by atoms with E-state index >= 15 is 0 Å². The van der Waals surface area contributed by atoms with Crippen molar-refractivity contribution in [1.82, 2.24) is 9.80 Å². The number of carbonyl (C=O) groups excluding carboxylic acids is 2. The molecule has 2 heterocycles. The number of piperazine rings is 1. The van der Waals surface area contributed by atoms with Crippen LogP contribution in [0.5, 0.6) is 0 Å². The second-order valence-electron chi connectivity index (χ2n) is 8.12. The van der Waals surface area contributed by atoms with Crippen LogP contribution < -0.4 is 4.90 Å². The molecule has 162 valence electrons. The Hall–Kier alpha value is -3.42. The summed E-state index contributed by atoms with van der Waals surface area (Å²) in [6.45, 7) is 4.94. The van der Waals surface area contributed by atoms with Gasteiger partial charge in [-0.15, -0.1) is 0 Å². The fourth-order valence-electron chi connectivity index (χ4n) is 4.41. The summed E-state index contributed by atoms with van der Waals surface area (Å²) in [5.41, 5.74) is 2.05. The smallest absolute Gasteiger partial charge is 0.269 e. The number of amides is 2. The number of non-ortho nitro benzene ring substituents is 1. The number of rotatable bonds is 5. The predicted molar refractivity (Wildman–Crippen MR) is 117 cm³/mol. The molecule has 2 saturated heterocycles. The number of likely N-dealkylation sites (tertiary alicyclic amines) is 1. The molecular formula is C23H26N4O4. The molecule has 0 spiro atoms. The fraction of sp³-hybridized carbons (Fsp3) is 0.391. The third-order valence-electron chi connectivity index (χ3n) is 6.27. The fourth-order valence-corrected chi connectivity index (χ4v) is 4.41. The average molecular weight is 422 g/mol. The van der Waals surface area contributed by atoms with Gasteiger partial charge in [-0.1, -0.05) is 30.3 Å². The molecule has 0 N–H and O–H groups in total. The molecule has 2 fully saturated rings. The third-order valence-corrected chi connectivity index (χ3v) is 6.27. The van der Waals surface area contributed by atoms with Gasteiger partial charge in [0.25, 0.3) is 5.69 Å². The number of carbonyl (C=O) groups is 2. The van der Waals surface area contributed by atoms with Crippen molar-refractivity contribution in [1.29, 1.82) is 0 Å². The van der Waals surface area contributed by atoms with Crippen LogP contribution in [0.2, 0.25) is 0 Å². The highest BCUT2D eigenvalue weighted by atomic mass is 16.6. The summed E-state index contributed by atoms with van der Waals surface area (Å²) in [5, 5.41) is 10.8. The maximum Gasteiger partial charge on any atom is 0.269 e. The van der Waals surface area contributed by atoms with Gasteiger partial charge in [-0.2, -0.15) is 0 Å². The average Bonchev–Trinajstić information content (AvgIpc) is 3.20. The van der Waals surface area contributed by atoms with Gasteiger partial charge in [-0.05, 0) is 24.6 Å². The van der Waals surface area contributed by atoms with Gasteiger partial charge in [-0.3, -0.25) is 19.7 Å².